The molecule has 0 radical (unpaired) electrons. The molecule has 5 nitrogen and oxygen atoms in total. The number of rotatable bonds is 4. The minimum Gasteiger partial charge on any atom is -0.319 e. The summed E-state index contributed by atoms with van der Waals surface area (Å²) < 4.78 is 3.95. The van der Waals surface area contributed by atoms with Crippen LogP contribution in [0.1, 0.15) is 12.2 Å². The van der Waals surface area contributed by atoms with E-state index < -0.39 is 0 Å². The fourth-order valence-corrected chi connectivity index (χ4v) is 1.36. The molecule has 1 amide bonds. The van der Waals surface area contributed by atoms with Gasteiger partial charge in [0.25, 0.3) is 0 Å². The van der Waals surface area contributed by atoms with Gasteiger partial charge in [-0.25, -0.2) is 4.98 Å². The van der Waals surface area contributed by atoms with Crippen LogP contribution in [0.3, 0.4) is 0 Å². The Bertz CT molecular complexity index is 286. The summed E-state index contributed by atoms with van der Waals surface area (Å²) in [5, 5.41) is 6.13. The fourth-order valence-electron chi connectivity index (χ4n) is 0.768. The van der Waals surface area contributed by atoms with E-state index in [1.54, 1.807) is 6.92 Å². The number of carbonyl (C=O) groups excluding carboxylic acids is 1. The van der Waals surface area contributed by atoms with Crippen molar-refractivity contribution in [3.05, 3.63) is 5.82 Å². The predicted octanol–water partition coefficient (Wildman–Crippen LogP) is 0.395. The van der Waals surface area contributed by atoms with Gasteiger partial charge < -0.3 is 10.6 Å². The van der Waals surface area contributed by atoms with E-state index in [0.717, 1.165) is 0 Å². The highest BCUT2D eigenvalue weighted by Gasteiger charge is 2.04. The number of amides is 1. The fraction of sp³-hybridized carbons (Fsp3) is 0.571. The lowest BCUT2D eigenvalue weighted by atomic mass is 10.4. The number of anilines is 1. The van der Waals surface area contributed by atoms with Gasteiger partial charge >= 0.3 is 0 Å². The Morgan fingerprint density at radius 1 is 1.62 bits per heavy atom. The highest BCUT2D eigenvalue weighted by Crippen LogP contribution is 2.09. The number of aryl methyl sites for hydroxylation is 1. The van der Waals surface area contributed by atoms with Crippen molar-refractivity contribution in [2.45, 2.75) is 13.3 Å². The standard InChI is InChI=1S/C7H12N4OS/c1-5-9-7(13-11-5)10-6(12)3-4-8-2/h8H,3-4H2,1-2H3,(H,9,10,11,12). The lowest BCUT2D eigenvalue weighted by molar-refractivity contribution is -0.116. The quantitative estimate of drug-likeness (QED) is 0.738. The van der Waals surface area contributed by atoms with Gasteiger partial charge in [0.05, 0.1) is 0 Å². The minimum atomic E-state index is -0.0366. The van der Waals surface area contributed by atoms with E-state index in [1.165, 1.54) is 11.5 Å². The Balaban J connectivity index is 2.36. The zero-order chi connectivity index (χ0) is 9.68. The maximum Gasteiger partial charge on any atom is 0.227 e. The summed E-state index contributed by atoms with van der Waals surface area (Å²) in [5.74, 6) is 0.652. The molecule has 0 aromatic carbocycles. The first-order valence-electron chi connectivity index (χ1n) is 3.97. The molecule has 1 rings (SSSR count). The van der Waals surface area contributed by atoms with Gasteiger partial charge in [-0.05, 0) is 14.0 Å². The van der Waals surface area contributed by atoms with Gasteiger partial charge in [0.1, 0.15) is 5.82 Å². The van der Waals surface area contributed by atoms with Crippen LogP contribution in [0.4, 0.5) is 5.13 Å². The SMILES string of the molecule is CNCCC(=O)Nc1nc(C)ns1. The molecule has 0 spiro atoms. The lowest BCUT2D eigenvalue weighted by Crippen LogP contribution is -2.18. The van der Waals surface area contributed by atoms with E-state index in [-0.39, 0.29) is 5.91 Å². The van der Waals surface area contributed by atoms with Crippen LogP contribution in [0.2, 0.25) is 0 Å². The number of nitrogens with one attached hydrogen (secondary N) is 2. The maximum atomic E-state index is 11.2. The first-order chi connectivity index (χ1) is 6.22. The van der Waals surface area contributed by atoms with Crippen molar-refractivity contribution >= 4 is 22.6 Å². The van der Waals surface area contributed by atoms with Crippen LogP contribution in [0.15, 0.2) is 0 Å². The largest absolute Gasteiger partial charge is 0.319 e. The number of carbonyl (C=O) groups is 1. The molecular weight excluding hydrogens is 188 g/mol. The summed E-state index contributed by atoms with van der Waals surface area (Å²) in [4.78, 5) is 15.2. The molecule has 0 saturated carbocycles. The van der Waals surface area contributed by atoms with Gasteiger partial charge in [0.15, 0.2) is 0 Å². The zero-order valence-corrected chi connectivity index (χ0v) is 8.44. The molecular formula is C7H12N4OS. The highest BCUT2D eigenvalue weighted by atomic mass is 32.1. The first-order valence-corrected chi connectivity index (χ1v) is 4.74. The molecule has 1 heterocycles. The van der Waals surface area contributed by atoms with Crippen LogP contribution in [-0.2, 0) is 4.79 Å². The van der Waals surface area contributed by atoms with E-state index in [1.807, 2.05) is 7.05 Å². The normalized spacial score (nSPS) is 10.0. The molecule has 0 bridgehead atoms. The molecule has 2 N–H and O–H groups in total. The number of nitrogens with zero attached hydrogens (tertiary/aromatic N) is 2. The number of hydrogen-bond donors (Lipinski definition) is 2. The monoisotopic (exact) mass is 200 g/mol. The molecule has 72 valence electrons. The van der Waals surface area contributed by atoms with Crippen molar-refractivity contribution in [1.82, 2.24) is 14.7 Å². The minimum absolute atomic E-state index is 0.0366. The van der Waals surface area contributed by atoms with Gasteiger partial charge in [-0.1, -0.05) is 0 Å². The van der Waals surface area contributed by atoms with E-state index in [4.69, 9.17) is 0 Å². The molecule has 1 aromatic heterocycles. The predicted molar refractivity (Wildman–Crippen MR) is 51.8 cm³/mol. The third kappa shape index (κ3) is 3.47. The summed E-state index contributed by atoms with van der Waals surface area (Å²) in [6.07, 6.45) is 0.453. The average Bonchev–Trinajstić information content (AvgIpc) is 2.48. The topological polar surface area (TPSA) is 66.9 Å². The maximum absolute atomic E-state index is 11.2. The van der Waals surface area contributed by atoms with Crippen molar-refractivity contribution in [2.24, 2.45) is 0 Å². The number of aromatic nitrogens is 2. The van der Waals surface area contributed by atoms with Crippen LogP contribution < -0.4 is 10.6 Å². The van der Waals surface area contributed by atoms with Crippen molar-refractivity contribution in [3.8, 4) is 0 Å². The highest BCUT2D eigenvalue weighted by molar-refractivity contribution is 7.09. The van der Waals surface area contributed by atoms with Gasteiger partial charge in [0, 0.05) is 24.5 Å². The lowest BCUT2D eigenvalue weighted by Gasteiger charge is -1.99. The molecule has 0 aliphatic rings. The average molecular weight is 200 g/mol. The van der Waals surface area contributed by atoms with E-state index in [2.05, 4.69) is 20.0 Å². The Morgan fingerprint density at radius 3 is 2.92 bits per heavy atom. The summed E-state index contributed by atoms with van der Waals surface area (Å²) in [5.41, 5.74) is 0. The van der Waals surface area contributed by atoms with Crippen molar-refractivity contribution in [2.75, 3.05) is 18.9 Å². The van der Waals surface area contributed by atoms with Crippen LogP contribution in [0.5, 0.6) is 0 Å². The third-order valence-electron chi connectivity index (χ3n) is 1.38. The molecule has 0 aliphatic heterocycles. The molecule has 0 aliphatic carbocycles. The van der Waals surface area contributed by atoms with Gasteiger partial charge in [-0.2, -0.15) is 4.37 Å². The molecule has 0 fully saturated rings. The molecule has 0 atom stereocenters. The Morgan fingerprint density at radius 2 is 2.38 bits per heavy atom. The van der Waals surface area contributed by atoms with Crippen molar-refractivity contribution in [1.29, 1.82) is 0 Å². The molecule has 0 saturated heterocycles. The molecule has 13 heavy (non-hydrogen) atoms. The Kier molecular flexibility index (Phi) is 3.78. The molecule has 0 unspecified atom stereocenters. The van der Waals surface area contributed by atoms with Crippen molar-refractivity contribution in [3.63, 3.8) is 0 Å². The summed E-state index contributed by atoms with van der Waals surface area (Å²) in [6, 6.07) is 0. The summed E-state index contributed by atoms with van der Waals surface area (Å²) in [6.45, 7) is 2.46. The molecule has 1 aromatic rings. The molecule has 6 heteroatoms. The summed E-state index contributed by atoms with van der Waals surface area (Å²) in [7, 11) is 1.81. The van der Waals surface area contributed by atoms with E-state index in [0.29, 0.717) is 23.9 Å². The van der Waals surface area contributed by atoms with Crippen molar-refractivity contribution < 1.29 is 4.79 Å². The Labute approximate surface area is 80.7 Å². The first kappa shape index (κ1) is 10.1. The number of hydrogen-bond acceptors (Lipinski definition) is 5. The van der Waals surface area contributed by atoms with Gasteiger partial charge in [0.2, 0.25) is 11.0 Å². The Hall–Kier alpha value is -1.01. The van der Waals surface area contributed by atoms with Gasteiger partial charge in [-0.3, -0.25) is 4.79 Å². The smallest absolute Gasteiger partial charge is 0.227 e. The summed E-state index contributed by atoms with van der Waals surface area (Å²) >= 11 is 1.20. The second-order valence-electron chi connectivity index (χ2n) is 2.55. The third-order valence-corrected chi connectivity index (χ3v) is 2.10. The van der Waals surface area contributed by atoms with Gasteiger partial charge in [-0.15, -0.1) is 0 Å². The second kappa shape index (κ2) is 4.88. The van der Waals surface area contributed by atoms with E-state index in [9.17, 15) is 4.79 Å². The zero-order valence-electron chi connectivity index (χ0n) is 7.63. The van der Waals surface area contributed by atoms with Crippen LogP contribution in [0, 0.1) is 6.92 Å². The van der Waals surface area contributed by atoms with E-state index >= 15 is 0 Å². The van der Waals surface area contributed by atoms with Crippen LogP contribution >= 0.6 is 11.5 Å². The van der Waals surface area contributed by atoms with Crippen LogP contribution in [0.25, 0.3) is 0 Å². The second-order valence-corrected chi connectivity index (χ2v) is 3.30. The van der Waals surface area contributed by atoms with Crippen LogP contribution in [-0.4, -0.2) is 28.9 Å².